The van der Waals surface area contributed by atoms with Crippen LogP contribution in [0, 0.1) is 0 Å². The summed E-state index contributed by atoms with van der Waals surface area (Å²) in [6, 6.07) is 16.7. The molecule has 0 saturated carbocycles. The highest BCUT2D eigenvalue weighted by Crippen LogP contribution is 2.32. The number of rotatable bonds is 3. The van der Waals surface area contributed by atoms with Gasteiger partial charge in [0.05, 0.1) is 9.92 Å². The number of fused-ring (bicyclic) bond motifs is 1. The normalized spacial score (nSPS) is 12.4. The van der Waals surface area contributed by atoms with E-state index < -0.39 is 22.6 Å². The maximum Gasteiger partial charge on any atom is 0.287 e. The molecule has 0 radical (unpaired) electrons. The fourth-order valence-corrected chi connectivity index (χ4v) is 6.89. The molecule has 0 fully saturated rings. The molecule has 0 heterocycles. The largest absolute Gasteiger partial charge is 0.287 e. The predicted octanol–water partition coefficient (Wildman–Crippen LogP) is 3.66. The number of hydrogen-bond donors (Lipinski definition) is 0. The highest BCUT2D eigenvalue weighted by molar-refractivity contribution is 8.67. The zero-order valence-electron chi connectivity index (χ0n) is 11.7. The molecule has 0 aliphatic heterocycles. The Morgan fingerprint density at radius 2 is 1.13 bits per heavy atom. The van der Waals surface area contributed by atoms with Crippen molar-refractivity contribution in [1.82, 2.24) is 0 Å². The summed E-state index contributed by atoms with van der Waals surface area (Å²) in [6.45, 7) is 0. The molecule has 0 unspecified atom stereocenters. The first kappa shape index (κ1) is 16.0. The highest BCUT2D eigenvalue weighted by atomic mass is 35.5. The first-order valence-electron chi connectivity index (χ1n) is 6.58. The average molecular weight is 367 g/mol. The Balaban J connectivity index is 2.32. The summed E-state index contributed by atoms with van der Waals surface area (Å²) in [6.07, 6.45) is 0. The molecule has 4 nitrogen and oxygen atoms in total. The van der Waals surface area contributed by atoms with Crippen molar-refractivity contribution in [1.29, 1.82) is 0 Å². The molecule has 0 spiro atoms. The van der Waals surface area contributed by atoms with E-state index in [4.69, 9.17) is 11.6 Å². The van der Waals surface area contributed by atoms with E-state index in [0.717, 1.165) is 0 Å². The molecular weight excluding hydrogens is 356 g/mol. The molecule has 3 aromatic carbocycles. The van der Waals surface area contributed by atoms with Crippen LogP contribution in [0.4, 0.5) is 0 Å². The van der Waals surface area contributed by atoms with E-state index in [1.807, 2.05) is 0 Å². The first-order chi connectivity index (χ1) is 10.9. The van der Waals surface area contributed by atoms with Crippen LogP contribution in [-0.4, -0.2) is 16.8 Å². The Morgan fingerprint density at radius 1 is 0.609 bits per heavy atom. The van der Waals surface area contributed by atoms with Gasteiger partial charge in [-0.3, -0.25) is 0 Å². The van der Waals surface area contributed by atoms with Gasteiger partial charge in [-0.1, -0.05) is 60.1 Å². The van der Waals surface area contributed by atoms with Crippen LogP contribution in [0.25, 0.3) is 10.8 Å². The van der Waals surface area contributed by atoms with E-state index >= 15 is 0 Å². The minimum Gasteiger partial charge on any atom is -0.207 e. The molecule has 118 valence electrons. The van der Waals surface area contributed by atoms with Crippen LogP contribution in [0.1, 0.15) is 0 Å². The summed E-state index contributed by atoms with van der Waals surface area (Å²) < 4.78 is 50.8. The Labute approximate surface area is 138 Å². The monoisotopic (exact) mass is 366 g/mol. The van der Waals surface area contributed by atoms with E-state index in [-0.39, 0.29) is 9.92 Å². The molecule has 0 bridgehead atoms. The lowest BCUT2D eigenvalue weighted by Crippen LogP contribution is -2.17. The quantitative estimate of drug-likeness (QED) is 0.663. The topological polar surface area (TPSA) is 68.3 Å². The Morgan fingerprint density at radius 3 is 1.87 bits per heavy atom. The van der Waals surface area contributed by atoms with Crippen molar-refractivity contribution in [2.75, 3.05) is 0 Å². The molecule has 23 heavy (non-hydrogen) atoms. The van der Waals surface area contributed by atoms with Gasteiger partial charge >= 0.3 is 0 Å². The molecule has 0 aromatic heterocycles. The average Bonchev–Trinajstić information content (AvgIpc) is 2.54. The SMILES string of the molecule is O=S(=O)(c1ccccc1Cl)S(=O)(=O)c1cccc2ccccc12. The van der Waals surface area contributed by atoms with Crippen molar-refractivity contribution in [3.05, 3.63) is 71.8 Å². The van der Waals surface area contributed by atoms with Crippen LogP contribution in [0.5, 0.6) is 0 Å². The van der Waals surface area contributed by atoms with Crippen LogP contribution >= 0.6 is 11.6 Å². The lowest BCUT2D eigenvalue weighted by molar-refractivity contribution is 0.583. The lowest BCUT2D eigenvalue weighted by Gasteiger charge is -2.10. The summed E-state index contributed by atoms with van der Waals surface area (Å²) in [4.78, 5) is -0.676. The van der Waals surface area contributed by atoms with Gasteiger partial charge in [-0.05, 0) is 23.6 Å². The van der Waals surface area contributed by atoms with Gasteiger partial charge in [-0.15, -0.1) is 0 Å². The van der Waals surface area contributed by atoms with Gasteiger partial charge in [0.15, 0.2) is 0 Å². The van der Waals surface area contributed by atoms with Crippen molar-refractivity contribution in [3.8, 4) is 0 Å². The third-order valence-electron chi connectivity index (χ3n) is 3.41. The Hall–Kier alpha value is -1.89. The Kier molecular flexibility index (Phi) is 3.91. The minimum absolute atomic E-state index is 0.128. The first-order valence-corrected chi connectivity index (χ1v) is 10.4. The van der Waals surface area contributed by atoms with Gasteiger partial charge in [0.1, 0.15) is 4.90 Å². The molecule has 0 N–H and O–H groups in total. The second-order valence-electron chi connectivity index (χ2n) is 4.82. The summed E-state index contributed by atoms with van der Waals surface area (Å²) >= 11 is 5.88. The standard InChI is InChI=1S/C16H11ClO4S2/c17-14-9-3-4-10-16(14)23(20,21)22(18,19)15-11-5-7-12-6-1-2-8-13(12)15/h1-11H. The minimum atomic E-state index is -4.67. The van der Waals surface area contributed by atoms with Crippen LogP contribution in [0.15, 0.2) is 76.5 Å². The molecule has 0 atom stereocenters. The Bertz CT molecular complexity index is 1100. The molecule has 0 saturated heterocycles. The zero-order chi connectivity index (χ0) is 16.7. The van der Waals surface area contributed by atoms with Crippen molar-refractivity contribution in [2.24, 2.45) is 0 Å². The summed E-state index contributed by atoms with van der Waals surface area (Å²) in [5, 5.41) is 0.866. The predicted molar refractivity (Wildman–Crippen MR) is 89.8 cm³/mol. The van der Waals surface area contributed by atoms with Crippen LogP contribution in [0.3, 0.4) is 0 Å². The smallest absolute Gasteiger partial charge is 0.207 e. The number of halogens is 1. The molecule has 0 aliphatic rings. The van der Waals surface area contributed by atoms with Gasteiger partial charge in [0.2, 0.25) is 0 Å². The molecular formula is C16H11ClO4S2. The second kappa shape index (κ2) is 5.63. The third kappa shape index (κ3) is 2.52. The third-order valence-corrected chi connectivity index (χ3v) is 9.03. The van der Waals surface area contributed by atoms with E-state index in [1.165, 1.54) is 36.4 Å². The summed E-state index contributed by atoms with van der Waals surface area (Å²) in [5.74, 6) is 0. The molecule has 3 rings (SSSR count). The van der Waals surface area contributed by atoms with Gasteiger partial charge in [0, 0.05) is 5.39 Å². The van der Waals surface area contributed by atoms with Crippen molar-refractivity contribution in [3.63, 3.8) is 0 Å². The highest BCUT2D eigenvalue weighted by Gasteiger charge is 2.36. The van der Waals surface area contributed by atoms with E-state index in [9.17, 15) is 16.8 Å². The summed E-state index contributed by atoms with van der Waals surface area (Å²) in [5.41, 5.74) is 0. The van der Waals surface area contributed by atoms with E-state index in [2.05, 4.69) is 0 Å². The summed E-state index contributed by atoms with van der Waals surface area (Å²) in [7, 11) is -9.33. The zero-order valence-corrected chi connectivity index (χ0v) is 14.1. The fraction of sp³-hybridized carbons (Fsp3) is 0. The molecule has 3 aromatic rings. The van der Waals surface area contributed by atoms with Crippen molar-refractivity contribution >= 4 is 40.1 Å². The molecule has 0 aliphatic carbocycles. The van der Waals surface area contributed by atoms with E-state index in [1.54, 1.807) is 30.3 Å². The maximum absolute atomic E-state index is 12.8. The van der Waals surface area contributed by atoms with Gasteiger partial charge in [0.25, 0.3) is 17.7 Å². The maximum atomic E-state index is 12.8. The molecule has 0 amide bonds. The van der Waals surface area contributed by atoms with Gasteiger partial charge in [-0.2, -0.15) is 0 Å². The van der Waals surface area contributed by atoms with Crippen molar-refractivity contribution in [2.45, 2.75) is 9.79 Å². The van der Waals surface area contributed by atoms with Crippen molar-refractivity contribution < 1.29 is 16.8 Å². The lowest BCUT2D eigenvalue weighted by atomic mass is 10.1. The van der Waals surface area contributed by atoms with Crippen LogP contribution in [0.2, 0.25) is 5.02 Å². The van der Waals surface area contributed by atoms with Crippen LogP contribution in [-0.2, 0) is 17.7 Å². The number of benzene rings is 3. The van der Waals surface area contributed by atoms with Crippen LogP contribution < -0.4 is 0 Å². The number of hydrogen-bond acceptors (Lipinski definition) is 4. The fourth-order valence-electron chi connectivity index (χ4n) is 2.30. The van der Waals surface area contributed by atoms with E-state index in [0.29, 0.717) is 10.8 Å². The van der Waals surface area contributed by atoms with Gasteiger partial charge in [-0.25, -0.2) is 16.8 Å². The van der Waals surface area contributed by atoms with Gasteiger partial charge < -0.3 is 0 Å². The second-order valence-corrected chi connectivity index (χ2v) is 10.6. The molecule has 7 heteroatoms.